The first-order valence-corrected chi connectivity index (χ1v) is 6.09. The van der Waals surface area contributed by atoms with Crippen LogP contribution in [0.25, 0.3) is 5.65 Å². The molecule has 19 heavy (non-hydrogen) atoms. The van der Waals surface area contributed by atoms with E-state index < -0.39 is 0 Å². The van der Waals surface area contributed by atoms with E-state index in [1.54, 1.807) is 4.90 Å². The largest absolute Gasteiger partial charge is 0.336 e. The minimum absolute atomic E-state index is 0.182. The van der Waals surface area contributed by atoms with Gasteiger partial charge in [-0.05, 0) is 12.1 Å². The highest BCUT2D eigenvalue weighted by Crippen LogP contribution is 2.12. The SMILES string of the molecule is O=C1CCN(C(=O)c2cn3cc(F)ccc3n2)CC1. The summed E-state index contributed by atoms with van der Waals surface area (Å²) in [5.41, 5.74) is 0.804. The van der Waals surface area contributed by atoms with Crippen LogP contribution in [-0.4, -0.2) is 39.1 Å². The number of Topliss-reactive ketones (excluding diaryl/α,β-unsaturated/α-hetero) is 1. The van der Waals surface area contributed by atoms with Gasteiger partial charge in [0, 0.05) is 38.3 Å². The summed E-state index contributed by atoms with van der Waals surface area (Å²) in [6.07, 6.45) is 3.58. The molecule has 0 saturated carbocycles. The minimum Gasteiger partial charge on any atom is -0.336 e. The molecule has 0 bridgehead atoms. The molecule has 0 radical (unpaired) electrons. The van der Waals surface area contributed by atoms with Crippen molar-refractivity contribution in [3.05, 3.63) is 36.0 Å². The average molecular weight is 261 g/mol. The average Bonchev–Trinajstić information content (AvgIpc) is 2.81. The van der Waals surface area contributed by atoms with Crippen molar-refractivity contribution in [1.82, 2.24) is 14.3 Å². The van der Waals surface area contributed by atoms with E-state index in [0.29, 0.717) is 31.6 Å². The third-order valence-electron chi connectivity index (χ3n) is 3.24. The summed E-state index contributed by atoms with van der Waals surface area (Å²) in [7, 11) is 0. The molecule has 1 saturated heterocycles. The number of pyridine rings is 1. The standard InChI is InChI=1S/C13H12FN3O2/c14-9-1-2-12-15-11(8-17(12)7-9)13(19)16-5-3-10(18)4-6-16/h1-2,7-8H,3-6H2. The fourth-order valence-electron chi connectivity index (χ4n) is 2.19. The van der Waals surface area contributed by atoms with E-state index >= 15 is 0 Å². The first-order valence-electron chi connectivity index (χ1n) is 6.09. The molecule has 0 atom stereocenters. The third kappa shape index (κ3) is 2.21. The number of hydrogen-bond donors (Lipinski definition) is 0. The van der Waals surface area contributed by atoms with Crippen molar-refractivity contribution in [1.29, 1.82) is 0 Å². The van der Waals surface area contributed by atoms with Crippen molar-refractivity contribution in [2.24, 2.45) is 0 Å². The van der Waals surface area contributed by atoms with E-state index in [2.05, 4.69) is 4.98 Å². The van der Waals surface area contributed by atoms with Gasteiger partial charge in [-0.25, -0.2) is 9.37 Å². The van der Waals surface area contributed by atoms with Gasteiger partial charge in [-0.3, -0.25) is 9.59 Å². The van der Waals surface area contributed by atoms with Gasteiger partial charge >= 0.3 is 0 Å². The smallest absolute Gasteiger partial charge is 0.274 e. The van der Waals surface area contributed by atoms with Crippen LogP contribution in [0.1, 0.15) is 23.3 Å². The van der Waals surface area contributed by atoms with Crippen molar-refractivity contribution in [3.63, 3.8) is 0 Å². The molecule has 98 valence electrons. The molecule has 5 nitrogen and oxygen atoms in total. The summed E-state index contributed by atoms with van der Waals surface area (Å²) in [6.45, 7) is 0.861. The van der Waals surface area contributed by atoms with E-state index in [0.717, 1.165) is 0 Å². The van der Waals surface area contributed by atoms with Crippen LogP contribution in [0.2, 0.25) is 0 Å². The molecule has 2 aromatic rings. The molecule has 1 amide bonds. The molecular weight excluding hydrogens is 249 g/mol. The van der Waals surface area contributed by atoms with Gasteiger partial charge in [-0.15, -0.1) is 0 Å². The lowest BCUT2D eigenvalue weighted by atomic mass is 10.1. The van der Waals surface area contributed by atoms with E-state index in [-0.39, 0.29) is 23.2 Å². The first kappa shape index (κ1) is 11.8. The van der Waals surface area contributed by atoms with Crippen LogP contribution in [0.3, 0.4) is 0 Å². The Hall–Kier alpha value is -2.24. The summed E-state index contributed by atoms with van der Waals surface area (Å²) < 4.78 is 14.5. The number of amides is 1. The molecule has 0 unspecified atom stereocenters. The number of carbonyl (C=O) groups excluding carboxylic acids is 2. The lowest BCUT2D eigenvalue weighted by Gasteiger charge is -2.25. The van der Waals surface area contributed by atoms with Gasteiger partial charge in [0.05, 0.1) is 0 Å². The summed E-state index contributed by atoms with van der Waals surface area (Å²) in [5.74, 6) is -0.412. The quantitative estimate of drug-likeness (QED) is 0.777. The predicted octanol–water partition coefficient (Wildman–Crippen LogP) is 1.28. The van der Waals surface area contributed by atoms with Gasteiger partial charge in [0.2, 0.25) is 0 Å². The number of carbonyl (C=O) groups is 2. The van der Waals surface area contributed by atoms with Crippen molar-refractivity contribution < 1.29 is 14.0 Å². The summed E-state index contributed by atoms with van der Waals surface area (Å²) in [4.78, 5) is 29.1. The maximum atomic E-state index is 13.1. The van der Waals surface area contributed by atoms with Crippen LogP contribution in [0, 0.1) is 5.82 Å². The number of hydrogen-bond acceptors (Lipinski definition) is 3. The van der Waals surface area contributed by atoms with Gasteiger partial charge in [-0.2, -0.15) is 0 Å². The van der Waals surface area contributed by atoms with Gasteiger partial charge in [-0.1, -0.05) is 0 Å². The predicted molar refractivity (Wildman–Crippen MR) is 65.3 cm³/mol. The summed E-state index contributed by atoms with van der Waals surface area (Å²) >= 11 is 0. The molecule has 1 fully saturated rings. The normalized spacial score (nSPS) is 16.1. The Balaban J connectivity index is 1.87. The maximum Gasteiger partial charge on any atom is 0.274 e. The van der Waals surface area contributed by atoms with Crippen molar-refractivity contribution in [2.45, 2.75) is 12.8 Å². The Morgan fingerprint density at radius 1 is 1.21 bits per heavy atom. The second-order valence-electron chi connectivity index (χ2n) is 4.57. The highest BCUT2D eigenvalue weighted by molar-refractivity contribution is 5.94. The second kappa shape index (κ2) is 4.46. The molecule has 0 aliphatic carbocycles. The first-order chi connectivity index (χ1) is 9.13. The van der Waals surface area contributed by atoms with Crippen LogP contribution in [0.5, 0.6) is 0 Å². The Morgan fingerprint density at radius 3 is 2.68 bits per heavy atom. The Kier molecular flexibility index (Phi) is 2.77. The topological polar surface area (TPSA) is 54.7 Å². The Labute approximate surface area is 108 Å². The maximum absolute atomic E-state index is 13.1. The lowest BCUT2D eigenvalue weighted by Crippen LogP contribution is -2.38. The van der Waals surface area contributed by atoms with Crippen LogP contribution in [0.15, 0.2) is 24.5 Å². The highest BCUT2D eigenvalue weighted by atomic mass is 19.1. The molecule has 0 spiro atoms. The molecule has 1 aliphatic heterocycles. The van der Waals surface area contributed by atoms with E-state index in [9.17, 15) is 14.0 Å². The lowest BCUT2D eigenvalue weighted by molar-refractivity contribution is -0.120. The number of fused-ring (bicyclic) bond motifs is 1. The monoisotopic (exact) mass is 261 g/mol. The number of aromatic nitrogens is 2. The van der Waals surface area contributed by atoms with E-state index in [1.165, 1.54) is 28.9 Å². The van der Waals surface area contributed by atoms with Gasteiger partial charge < -0.3 is 9.30 Å². The molecule has 3 rings (SSSR count). The van der Waals surface area contributed by atoms with Gasteiger partial charge in [0.25, 0.3) is 5.91 Å². The van der Waals surface area contributed by atoms with E-state index in [4.69, 9.17) is 0 Å². The molecule has 0 N–H and O–H groups in total. The van der Waals surface area contributed by atoms with Gasteiger partial charge in [0.15, 0.2) is 0 Å². The highest BCUT2D eigenvalue weighted by Gasteiger charge is 2.23. The zero-order valence-corrected chi connectivity index (χ0v) is 10.2. The van der Waals surface area contributed by atoms with Crippen molar-refractivity contribution >= 4 is 17.3 Å². The van der Waals surface area contributed by atoms with Crippen LogP contribution >= 0.6 is 0 Å². The third-order valence-corrected chi connectivity index (χ3v) is 3.24. The zero-order chi connectivity index (χ0) is 13.4. The Morgan fingerprint density at radius 2 is 1.95 bits per heavy atom. The van der Waals surface area contributed by atoms with E-state index in [1.807, 2.05) is 0 Å². The molecule has 0 aromatic carbocycles. The fraction of sp³-hybridized carbons (Fsp3) is 0.308. The number of imidazole rings is 1. The molecule has 2 aromatic heterocycles. The fourth-order valence-corrected chi connectivity index (χ4v) is 2.19. The Bertz CT molecular complexity index is 655. The molecule has 1 aliphatic rings. The number of piperidine rings is 1. The second-order valence-corrected chi connectivity index (χ2v) is 4.57. The van der Waals surface area contributed by atoms with Crippen molar-refractivity contribution in [3.8, 4) is 0 Å². The zero-order valence-electron chi connectivity index (χ0n) is 10.2. The van der Waals surface area contributed by atoms with Crippen LogP contribution in [0.4, 0.5) is 4.39 Å². The number of nitrogens with zero attached hydrogens (tertiary/aromatic N) is 3. The number of ketones is 1. The number of likely N-dealkylation sites (tertiary alicyclic amines) is 1. The number of halogens is 1. The van der Waals surface area contributed by atoms with Crippen LogP contribution < -0.4 is 0 Å². The number of rotatable bonds is 1. The van der Waals surface area contributed by atoms with Gasteiger partial charge in [0.1, 0.15) is 22.9 Å². The molecule has 6 heteroatoms. The summed E-state index contributed by atoms with van der Waals surface area (Å²) in [6, 6.07) is 2.82. The van der Waals surface area contributed by atoms with Crippen LogP contribution in [-0.2, 0) is 4.79 Å². The minimum atomic E-state index is -0.382. The molecule has 3 heterocycles. The molecular formula is C13H12FN3O2. The summed E-state index contributed by atoms with van der Waals surface area (Å²) in [5, 5.41) is 0. The van der Waals surface area contributed by atoms with Crippen molar-refractivity contribution in [2.75, 3.05) is 13.1 Å².